The van der Waals surface area contributed by atoms with E-state index in [1.54, 1.807) is 0 Å². The standard InChI is InChI=1S/C23H32N2O3/c1-15-11-21(26)28-23-16(2)22(27)18(12-19(15)23)14-24(3)13-17-7-6-10-25-9-5-4-8-20(17)25/h11-12,17,20,27H,4-10,13-14H2,1-3H3. The Morgan fingerprint density at radius 1 is 1.18 bits per heavy atom. The van der Waals surface area contributed by atoms with E-state index in [9.17, 15) is 9.90 Å². The van der Waals surface area contributed by atoms with Crippen LogP contribution in [-0.2, 0) is 6.54 Å². The second-order valence-corrected chi connectivity index (χ2v) is 8.83. The lowest BCUT2D eigenvalue weighted by molar-refractivity contribution is 0.0434. The predicted molar refractivity (Wildman–Crippen MR) is 112 cm³/mol. The molecule has 0 saturated carbocycles. The number of nitrogens with zero attached hydrogens (tertiary/aromatic N) is 2. The number of hydrogen-bond donors (Lipinski definition) is 1. The van der Waals surface area contributed by atoms with Crippen LogP contribution in [0.4, 0.5) is 0 Å². The average Bonchev–Trinajstić information content (AvgIpc) is 2.67. The predicted octanol–water partition coefficient (Wildman–Crippen LogP) is 3.81. The summed E-state index contributed by atoms with van der Waals surface area (Å²) in [7, 11) is 2.15. The summed E-state index contributed by atoms with van der Waals surface area (Å²) in [6.07, 6.45) is 6.64. The van der Waals surface area contributed by atoms with E-state index in [0.717, 1.165) is 29.1 Å². The molecule has 5 nitrogen and oxygen atoms in total. The van der Waals surface area contributed by atoms with Crippen molar-refractivity contribution in [1.82, 2.24) is 9.80 Å². The van der Waals surface area contributed by atoms with Crippen molar-refractivity contribution in [2.24, 2.45) is 5.92 Å². The van der Waals surface area contributed by atoms with Gasteiger partial charge in [0.15, 0.2) is 0 Å². The Balaban J connectivity index is 1.54. The lowest BCUT2D eigenvalue weighted by Crippen LogP contribution is -2.50. The van der Waals surface area contributed by atoms with Gasteiger partial charge in [0.05, 0.1) is 0 Å². The van der Waals surface area contributed by atoms with Crippen LogP contribution in [-0.4, -0.2) is 47.6 Å². The summed E-state index contributed by atoms with van der Waals surface area (Å²) >= 11 is 0. The third-order valence-corrected chi connectivity index (χ3v) is 6.74. The van der Waals surface area contributed by atoms with Gasteiger partial charge in [0.25, 0.3) is 0 Å². The molecule has 1 aromatic heterocycles. The van der Waals surface area contributed by atoms with E-state index in [1.807, 2.05) is 19.9 Å². The van der Waals surface area contributed by atoms with Crippen molar-refractivity contribution in [1.29, 1.82) is 0 Å². The fraction of sp³-hybridized carbons (Fsp3) is 0.609. The molecular weight excluding hydrogens is 352 g/mol. The molecule has 2 unspecified atom stereocenters. The fourth-order valence-electron chi connectivity index (χ4n) is 5.33. The van der Waals surface area contributed by atoms with E-state index in [-0.39, 0.29) is 11.4 Å². The number of benzene rings is 1. The van der Waals surface area contributed by atoms with Gasteiger partial charge in [-0.25, -0.2) is 4.79 Å². The minimum atomic E-state index is -0.369. The second kappa shape index (κ2) is 7.88. The Morgan fingerprint density at radius 2 is 1.96 bits per heavy atom. The lowest BCUT2D eigenvalue weighted by atomic mass is 9.83. The molecule has 3 heterocycles. The molecule has 152 valence electrons. The number of aromatic hydroxyl groups is 1. The second-order valence-electron chi connectivity index (χ2n) is 8.83. The first-order valence-corrected chi connectivity index (χ1v) is 10.6. The molecule has 0 bridgehead atoms. The summed E-state index contributed by atoms with van der Waals surface area (Å²) in [4.78, 5) is 16.8. The highest BCUT2D eigenvalue weighted by Gasteiger charge is 2.33. The molecule has 1 aromatic carbocycles. The van der Waals surface area contributed by atoms with E-state index in [4.69, 9.17) is 4.42 Å². The molecular formula is C23H32N2O3. The third kappa shape index (κ3) is 3.70. The highest BCUT2D eigenvalue weighted by Crippen LogP contribution is 2.34. The number of hydrogen-bond acceptors (Lipinski definition) is 5. The first-order chi connectivity index (χ1) is 13.4. The monoisotopic (exact) mass is 384 g/mol. The quantitative estimate of drug-likeness (QED) is 0.813. The smallest absolute Gasteiger partial charge is 0.336 e. The van der Waals surface area contributed by atoms with E-state index < -0.39 is 0 Å². The summed E-state index contributed by atoms with van der Waals surface area (Å²) in [6.45, 7) is 8.03. The van der Waals surface area contributed by atoms with Gasteiger partial charge in [0, 0.05) is 41.7 Å². The van der Waals surface area contributed by atoms with Crippen LogP contribution >= 0.6 is 0 Å². The first-order valence-electron chi connectivity index (χ1n) is 10.6. The largest absolute Gasteiger partial charge is 0.507 e. The van der Waals surface area contributed by atoms with Crippen molar-refractivity contribution in [2.75, 3.05) is 26.7 Å². The summed E-state index contributed by atoms with van der Waals surface area (Å²) < 4.78 is 5.36. The van der Waals surface area contributed by atoms with Crippen molar-refractivity contribution in [3.05, 3.63) is 39.2 Å². The van der Waals surface area contributed by atoms with Crippen LogP contribution in [0.25, 0.3) is 11.0 Å². The molecule has 0 spiro atoms. The molecule has 0 amide bonds. The Labute approximate surface area is 166 Å². The molecule has 5 heteroatoms. The van der Waals surface area contributed by atoms with E-state index in [1.165, 1.54) is 51.3 Å². The molecule has 1 N–H and O–H groups in total. The number of fused-ring (bicyclic) bond motifs is 2. The molecule has 4 rings (SSSR count). The highest BCUT2D eigenvalue weighted by molar-refractivity contribution is 5.85. The highest BCUT2D eigenvalue weighted by atomic mass is 16.4. The van der Waals surface area contributed by atoms with Crippen LogP contribution in [0, 0.1) is 19.8 Å². The summed E-state index contributed by atoms with van der Waals surface area (Å²) in [5.41, 5.74) is 2.58. The van der Waals surface area contributed by atoms with E-state index in [0.29, 0.717) is 23.6 Å². The lowest BCUT2D eigenvalue weighted by Gasteiger charge is -2.45. The van der Waals surface area contributed by atoms with E-state index >= 15 is 0 Å². The zero-order valence-corrected chi connectivity index (χ0v) is 17.3. The number of rotatable bonds is 4. The Kier molecular flexibility index (Phi) is 5.48. The molecule has 2 atom stereocenters. The van der Waals surface area contributed by atoms with Gasteiger partial charge in [-0.15, -0.1) is 0 Å². The van der Waals surface area contributed by atoms with Gasteiger partial charge in [0.1, 0.15) is 11.3 Å². The van der Waals surface area contributed by atoms with Gasteiger partial charge in [-0.2, -0.15) is 0 Å². The van der Waals surface area contributed by atoms with Crippen molar-refractivity contribution >= 4 is 11.0 Å². The molecule has 2 aromatic rings. The third-order valence-electron chi connectivity index (χ3n) is 6.74. The van der Waals surface area contributed by atoms with Crippen molar-refractivity contribution in [3.63, 3.8) is 0 Å². The Bertz CT molecular complexity index is 918. The van der Waals surface area contributed by atoms with Crippen LogP contribution in [0.3, 0.4) is 0 Å². The zero-order chi connectivity index (χ0) is 19.8. The van der Waals surface area contributed by atoms with Gasteiger partial charge in [0.2, 0.25) is 0 Å². The molecule has 0 aliphatic carbocycles. The topological polar surface area (TPSA) is 56.9 Å². The maximum absolute atomic E-state index is 11.7. The van der Waals surface area contributed by atoms with Crippen LogP contribution in [0.5, 0.6) is 5.75 Å². The molecule has 2 saturated heterocycles. The minimum absolute atomic E-state index is 0.246. The van der Waals surface area contributed by atoms with Gasteiger partial charge in [-0.1, -0.05) is 6.42 Å². The molecule has 2 aliphatic rings. The number of aryl methyl sites for hydroxylation is 2. The summed E-state index contributed by atoms with van der Waals surface area (Å²) in [6, 6.07) is 4.24. The number of piperidine rings is 2. The SMILES string of the molecule is Cc1cc(=O)oc2c(C)c(O)c(CN(C)CC3CCCN4CCCCC34)cc12. The normalized spacial score (nSPS) is 23.3. The maximum Gasteiger partial charge on any atom is 0.336 e. The molecule has 2 aliphatic heterocycles. The van der Waals surface area contributed by atoms with Crippen LogP contribution in [0.1, 0.15) is 48.8 Å². The van der Waals surface area contributed by atoms with Crippen LogP contribution < -0.4 is 5.63 Å². The van der Waals surface area contributed by atoms with Gasteiger partial charge in [-0.05, 0) is 77.2 Å². The van der Waals surface area contributed by atoms with Crippen molar-refractivity contribution < 1.29 is 9.52 Å². The Morgan fingerprint density at radius 3 is 2.79 bits per heavy atom. The zero-order valence-electron chi connectivity index (χ0n) is 17.3. The van der Waals surface area contributed by atoms with Gasteiger partial charge in [-0.3, -0.25) is 0 Å². The Hall–Kier alpha value is -1.85. The van der Waals surface area contributed by atoms with Crippen molar-refractivity contribution in [3.8, 4) is 5.75 Å². The van der Waals surface area contributed by atoms with Gasteiger partial charge < -0.3 is 19.3 Å². The number of phenolic OH excluding ortho intramolecular Hbond substituents is 1. The average molecular weight is 385 g/mol. The van der Waals surface area contributed by atoms with Crippen LogP contribution in [0.15, 0.2) is 21.3 Å². The number of phenols is 1. The molecule has 0 radical (unpaired) electrons. The fourth-order valence-corrected chi connectivity index (χ4v) is 5.33. The molecule has 28 heavy (non-hydrogen) atoms. The first kappa shape index (κ1) is 19.5. The molecule has 2 fully saturated rings. The summed E-state index contributed by atoms with van der Waals surface area (Å²) in [5, 5.41) is 11.6. The van der Waals surface area contributed by atoms with Crippen molar-refractivity contribution in [2.45, 2.75) is 58.5 Å². The minimum Gasteiger partial charge on any atom is -0.507 e. The van der Waals surface area contributed by atoms with E-state index in [2.05, 4.69) is 16.8 Å². The van der Waals surface area contributed by atoms with Crippen LogP contribution in [0.2, 0.25) is 0 Å². The maximum atomic E-state index is 11.7. The summed E-state index contributed by atoms with van der Waals surface area (Å²) in [5.74, 6) is 0.957. The van der Waals surface area contributed by atoms with Gasteiger partial charge >= 0.3 is 5.63 Å².